The molecule has 1 fully saturated rings. The molecule has 1 atom stereocenters. The number of nitrogens with one attached hydrogen (secondary N) is 1. The quantitative estimate of drug-likeness (QED) is 0.600. The van der Waals surface area contributed by atoms with Crippen molar-refractivity contribution in [2.75, 3.05) is 13.1 Å². The highest BCUT2D eigenvalue weighted by Crippen LogP contribution is 2.14. The molecule has 1 heteroatoms. The molecule has 0 spiro atoms. The summed E-state index contributed by atoms with van der Waals surface area (Å²) >= 11 is 0. The normalized spacial score (nSPS) is 27.1. The van der Waals surface area contributed by atoms with Gasteiger partial charge in [0, 0.05) is 6.54 Å². The molecule has 0 bridgehead atoms. The lowest BCUT2D eigenvalue weighted by molar-refractivity contribution is 0.436. The van der Waals surface area contributed by atoms with Crippen molar-refractivity contribution in [1.82, 2.24) is 5.32 Å². The average molecular weight is 153 g/mol. The Hall–Kier alpha value is -0.300. The summed E-state index contributed by atoms with van der Waals surface area (Å²) in [5, 5.41) is 3.42. The Balaban J connectivity index is 2.34. The van der Waals surface area contributed by atoms with Gasteiger partial charge in [-0.15, -0.1) is 0 Å². The van der Waals surface area contributed by atoms with Gasteiger partial charge in [-0.25, -0.2) is 0 Å². The molecule has 1 aliphatic heterocycles. The highest BCUT2D eigenvalue weighted by molar-refractivity contribution is 5.01. The molecule has 0 aromatic rings. The second kappa shape index (κ2) is 4.55. The Bertz CT molecular complexity index is 132. The van der Waals surface area contributed by atoms with Gasteiger partial charge in [0.2, 0.25) is 0 Å². The van der Waals surface area contributed by atoms with Gasteiger partial charge in [0.15, 0.2) is 0 Å². The van der Waals surface area contributed by atoms with Crippen molar-refractivity contribution in [2.45, 2.75) is 33.1 Å². The fraction of sp³-hybridized carbons (Fsp3) is 0.800. The Kier molecular flexibility index (Phi) is 3.64. The van der Waals surface area contributed by atoms with Crippen LogP contribution in [-0.4, -0.2) is 13.1 Å². The second-order valence-corrected chi connectivity index (χ2v) is 3.47. The van der Waals surface area contributed by atoms with E-state index in [1.165, 1.54) is 32.4 Å². The predicted octanol–water partition coefficient (Wildman–Crippen LogP) is 2.34. The van der Waals surface area contributed by atoms with Crippen molar-refractivity contribution >= 4 is 0 Å². The van der Waals surface area contributed by atoms with Crippen molar-refractivity contribution in [3.05, 3.63) is 11.6 Å². The van der Waals surface area contributed by atoms with E-state index in [2.05, 4.69) is 25.2 Å². The van der Waals surface area contributed by atoms with E-state index < -0.39 is 0 Å². The zero-order valence-corrected chi connectivity index (χ0v) is 7.69. The third-order valence-corrected chi connectivity index (χ3v) is 2.41. The minimum absolute atomic E-state index is 0.809. The van der Waals surface area contributed by atoms with E-state index in [1.807, 2.05) is 0 Å². The summed E-state index contributed by atoms with van der Waals surface area (Å²) in [6.07, 6.45) is 6.37. The Morgan fingerprint density at radius 3 is 3.00 bits per heavy atom. The van der Waals surface area contributed by atoms with Gasteiger partial charge < -0.3 is 5.32 Å². The highest BCUT2D eigenvalue weighted by atomic mass is 14.9. The maximum atomic E-state index is 3.42. The first-order valence-corrected chi connectivity index (χ1v) is 4.71. The smallest absolute Gasteiger partial charge is 0.00143 e. The lowest BCUT2D eigenvalue weighted by Crippen LogP contribution is -2.28. The minimum atomic E-state index is 0.809. The summed E-state index contributed by atoms with van der Waals surface area (Å²) in [5.74, 6) is 0.809. The van der Waals surface area contributed by atoms with E-state index in [9.17, 15) is 0 Å². The van der Waals surface area contributed by atoms with Crippen molar-refractivity contribution < 1.29 is 0 Å². The van der Waals surface area contributed by atoms with Gasteiger partial charge in [-0.2, -0.15) is 0 Å². The van der Waals surface area contributed by atoms with Crippen LogP contribution in [0, 0.1) is 5.92 Å². The molecule has 1 nitrogen and oxygen atoms in total. The second-order valence-electron chi connectivity index (χ2n) is 3.47. The van der Waals surface area contributed by atoms with Gasteiger partial charge in [-0.3, -0.25) is 0 Å². The van der Waals surface area contributed by atoms with Crippen LogP contribution in [0.2, 0.25) is 0 Å². The van der Waals surface area contributed by atoms with Crippen LogP contribution in [0.5, 0.6) is 0 Å². The molecule has 0 radical (unpaired) electrons. The molecule has 1 unspecified atom stereocenters. The molecule has 0 aromatic carbocycles. The van der Waals surface area contributed by atoms with Gasteiger partial charge in [-0.05, 0) is 38.6 Å². The predicted molar refractivity (Wildman–Crippen MR) is 49.6 cm³/mol. The maximum absolute atomic E-state index is 3.42. The molecular formula is C10H19N. The minimum Gasteiger partial charge on any atom is -0.316 e. The van der Waals surface area contributed by atoms with E-state index in [4.69, 9.17) is 0 Å². The molecule has 11 heavy (non-hydrogen) atoms. The SMILES string of the molecule is CC/C(C)=C/C1CCCNC1. The van der Waals surface area contributed by atoms with Crippen molar-refractivity contribution in [3.8, 4) is 0 Å². The lowest BCUT2D eigenvalue weighted by Gasteiger charge is -2.20. The highest BCUT2D eigenvalue weighted by Gasteiger charge is 2.09. The van der Waals surface area contributed by atoms with Gasteiger partial charge in [0.25, 0.3) is 0 Å². The Morgan fingerprint density at radius 1 is 1.64 bits per heavy atom. The lowest BCUT2D eigenvalue weighted by atomic mass is 9.97. The molecule has 0 aromatic heterocycles. The van der Waals surface area contributed by atoms with Crippen molar-refractivity contribution in [1.29, 1.82) is 0 Å². The zero-order chi connectivity index (χ0) is 8.10. The largest absolute Gasteiger partial charge is 0.316 e. The van der Waals surface area contributed by atoms with E-state index in [0.29, 0.717) is 0 Å². The number of rotatable bonds is 2. The third-order valence-electron chi connectivity index (χ3n) is 2.41. The molecule has 1 rings (SSSR count). The van der Waals surface area contributed by atoms with Gasteiger partial charge in [0.1, 0.15) is 0 Å². The third kappa shape index (κ3) is 3.06. The summed E-state index contributed by atoms with van der Waals surface area (Å²) in [7, 11) is 0. The first-order valence-electron chi connectivity index (χ1n) is 4.71. The van der Waals surface area contributed by atoms with E-state index in [-0.39, 0.29) is 0 Å². The number of hydrogen-bond acceptors (Lipinski definition) is 1. The van der Waals surface area contributed by atoms with Crippen LogP contribution >= 0.6 is 0 Å². The van der Waals surface area contributed by atoms with Crippen LogP contribution in [0.3, 0.4) is 0 Å². The topological polar surface area (TPSA) is 12.0 Å². The number of allylic oxidation sites excluding steroid dienone is 1. The van der Waals surface area contributed by atoms with Gasteiger partial charge >= 0.3 is 0 Å². The molecule has 0 aliphatic carbocycles. The van der Waals surface area contributed by atoms with Crippen LogP contribution in [-0.2, 0) is 0 Å². The van der Waals surface area contributed by atoms with E-state index in [0.717, 1.165) is 5.92 Å². The number of piperidine rings is 1. The molecular weight excluding hydrogens is 134 g/mol. The molecule has 0 saturated carbocycles. The molecule has 1 aliphatic rings. The molecule has 1 heterocycles. The monoisotopic (exact) mass is 153 g/mol. The molecule has 1 saturated heterocycles. The fourth-order valence-corrected chi connectivity index (χ4v) is 1.54. The van der Waals surface area contributed by atoms with Crippen LogP contribution in [0.1, 0.15) is 33.1 Å². The first-order chi connectivity index (χ1) is 5.33. The summed E-state index contributed by atoms with van der Waals surface area (Å²) in [6.45, 7) is 6.86. The first kappa shape index (κ1) is 8.79. The van der Waals surface area contributed by atoms with Crippen molar-refractivity contribution in [3.63, 3.8) is 0 Å². The zero-order valence-electron chi connectivity index (χ0n) is 7.69. The maximum Gasteiger partial charge on any atom is 0.00143 e. The summed E-state index contributed by atoms with van der Waals surface area (Å²) in [5.41, 5.74) is 1.54. The van der Waals surface area contributed by atoms with Crippen molar-refractivity contribution in [2.24, 2.45) is 5.92 Å². The molecule has 64 valence electrons. The van der Waals surface area contributed by atoms with Crippen LogP contribution < -0.4 is 5.32 Å². The summed E-state index contributed by atoms with van der Waals surface area (Å²) in [4.78, 5) is 0. The van der Waals surface area contributed by atoms with Crippen LogP contribution in [0.15, 0.2) is 11.6 Å². The Morgan fingerprint density at radius 2 is 2.45 bits per heavy atom. The number of hydrogen-bond donors (Lipinski definition) is 1. The fourth-order valence-electron chi connectivity index (χ4n) is 1.54. The van der Waals surface area contributed by atoms with E-state index >= 15 is 0 Å². The molecule has 0 amide bonds. The summed E-state index contributed by atoms with van der Waals surface area (Å²) in [6, 6.07) is 0. The standard InChI is InChI=1S/C10H19N/c1-3-9(2)7-10-5-4-6-11-8-10/h7,10-11H,3-6,8H2,1-2H3/b9-7+. The van der Waals surface area contributed by atoms with Gasteiger partial charge in [0.05, 0.1) is 0 Å². The summed E-state index contributed by atoms with van der Waals surface area (Å²) < 4.78 is 0. The Labute approximate surface area is 69.9 Å². The van der Waals surface area contributed by atoms with E-state index in [1.54, 1.807) is 5.57 Å². The molecule has 1 N–H and O–H groups in total. The van der Waals surface area contributed by atoms with Crippen LogP contribution in [0.4, 0.5) is 0 Å². The van der Waals surface area contributed by atoms with Crippen LogP contribution in [0.25, 0.3) is 0 Å². The van der Waals surface area contributed by atoms with Gasteiger partial charge in [-0.1, -0.05) is 18.6 Å². The average Bonchev–Trinajstić information content (AvgIpc) is 2.06.